The molecule has 0 unspecified atom stereocenters. The maximum absolute atomic E-state index is 11.6. The topological polar surface area (TPSA) is 38.7 Å². The molecule has 0 spiro atoms. The predicted octanol–water partition coefficient (Wildman–Crippen LogP) is 3.70. The van der Waals surface area contributed by atoms with E-state index in [2.05, 4.69) is 19.0 Å². The molecule has 19 heavy (non-hydrogen) atoms. The molecule has 1 aliphatic rings. The van der Waals surface area contributed by atoms with Crippen LogP contribution in [0.2, 0.25) is 0 Å². The van der Waals surface area contributed by atoms with Gasteiger partial charge in [-0.3, -0.25) is 4.79 Å². The summed E-state index contributed by atoms with van der Waals surface area (Å²) in [4.78, 5) is 17.0. The van der Waals surface area contributed by atoms with Gasteiger partial charge in [0.1, 0.15) is 5.76 Å². The van der Waals surface area contributed by atoms with Gasteiger partial charge in [-0.1, -0.05) is 49.3 Å². The van der Waals surface area contributed by atoms with Crippen LogP contribution in [0.25, 0.3) is 0 Å². The lowest BCUT2D eigenvalue weighted by molar-refractivity contribution is -0.117. The number of benzene rings is 1. The van der Waals surface area contributed by atoms with Crippen LogP contribution < -0.4 is 0 Å². The van der Waals surface area contributed by atoms with E-state index in [-0.39, 0.29) is 11.2 Å². The van der Waals surface area contributed by atoms with Crippen LogP contribution >= 0.6 is 0 Å². The molecule has 0 N–H and O–H groups in total. The minimum Gasteiger partial charge on any atom is -0.361 e. The Bertz CT molecular complexity index is 527. The first-order valence-corrected chi connectivity index (χ1v) is 6.47. The van der Waals surface area contributed by atoms with Gasteiger partial charge >= 0.3 is 0 Å². The molecule has 0 aliphatic heterocycles. The smallest absolute Gasteiger partial charge is 0.159 e. The van der Waals surface area contributed by atoms with E-state index in [9.17, 15) is 4.79 Å². The molecule has 0 fully saturated rings. The van der Waals surface area contributed by atoms with Crippen LogP contribution in [-0.2, 0) is 9.63 Å². The van der Waals surface area contributed by atoms with Crippen LogP contribution in [0.3, 0.4) is 0 Å². The maximum atomic E-state index is 11.6. The van der Waals surface area contributed by atoms with E-state index in [1.165, 1.54) is 0 Å². The van der Waals surface area contributed by atoms with E-state index in [1.54, 1.807) is 6.08 Å². The van der Waals surface area contributed by atoms with Gasteiger partial charge in [-0.2, -0.15) is 0 Å². The number of hydrogen-bond donors (Lipinski definition) is 0. The Hall–Kier alpha value is -1.90. The van der Waals surface area contributed by atoms with Crippen molar-refractivity contribution in [3.63, 3.8) is 0 Å². The van der Waals surface area contributed by atoms with Crippen LogP contribution in [0.4, 0.5) is 0 Å². The molecule has 0 amide bonds. The zero-order valence-electron chi connectivity index (χ0n) is 11.6. The van der Waals surface area contributed by atoms with Gasteiger partial charge in [0.05, 0.1) is 5.71 Å². The van der Waals surface area contributed by atoms with Crippen molar-refractivity contribution in [3.8, 4) is 0 Å². The first-order chi connectivity index (χ1) is 8.96. The van der Waals surface area contributed by atoms with Crippen LogP contribution in [0.5, 0.6) is 0 Å². The highest BCUT2D eigenvalue weighted by Crippen LogP contribution is 2.34. The van der Waals surface area contributed by atoms with Crippen LogP contribution in [0.1, 0.15) is 39.2 Å². The summed E-state index contributed by atoms with van der Waals surface area (Å²) < 4.78 is 0. The number of carbonyl (C=O) groups is 1. The number of carbonyl (C=O) groups excluding carboxylic acids is 1. The number of allylic oxidation sites excluding steroid dienone is 2. The Morgan fingerprint density at radius 2 is 1.89 bits per heavy atom. The molecule has 0 radical (unpaired) electrons. The standard InChI is InChI=1S/C16H19NO2/c1-12(13-7-5-4-6-8-13)17-19-15-9-14(18)10-16(2,3)11-15/h4-9H,10-11H2,1-3H3/b17-12+. The third kappa shape index (κ3) is 3.78. The average Bonchev–Trinajstić information content (AvgIpc) is 2.34. The van der Waals surface area contributed by atoms with E-state index in [4.69, 9.17) is 4.84 Å². The predicted molar refractivity (Wildman–Crippen MR) is 75.8 cm³/mol. The van der Waals surface area contributed by atoms with Crippen LogP contribution in [0.15, 0.2) is 47.3 Å². The van der Waals surface area contributed by atoms with Gasteiger partial charge in [-0.25, -0.2) is 0 Å². The Kier molecular flexibility index (Phi) is 3.84. The summed E-state index contributed by atoms with van der Waals surface area (Å²) in [5.41, 5.74) is 1.78. The zero-order chi connectivity index (χ0) is 13.9. The van der Waals surface area contributed by atoms with E-state index in [0.717, 1.165) is 17.7 Å². The van der Waals surface area contributed by atoms with E-state index >= 15 is 0 Å². The quantitative estimate of drug-likeness (QED) is 0.611. The average molecular weight is 257 g/mol. The van der Waals surface area contributed by atoms with Gasteiger partial charge < -0.3 is 4.84 Å². The maximum Gasteiger partial charge on any atom is 0.159 e. The highest BCUT2D eigenvalue weighted by molar-refractivity contribution is 5.98. The third-order valence-electron chi connectivity index (χ3n) is 3.12. The molecular formula is C16H19NO2. The molecule has 3 nitrogen and oxygen atoms in total. The Morgan fingerprint density at radius 3 is 2.53 bits per heavy atom. The Labute approximate surface area is 114 Å². The van der Waals surface area contributed by atoms with Crippen molar-refractivity contribution in [2.75, 3.05) is 0 Å². The third-order valence-corrected chi connectivity index (χ3v) is 3.12. The molecule has 0 heterocycles. The van der Waals surface area contributed by atoms with Crippen molar-refractivity contribution in [2.45, 2.75) is 33.6 Å². The first-order valence-electron chi connectivity index (χ1n) is 6.47. The molecule has 1 aromatic carbocycles. The summed E-state index contributed by atoms with van der Waals surface area (Å²) in [6.07, 6.45) is 2.87. The van der Waals surface area contributed by atoms with Crippen LogP contribution in [0, 0.1) is 5.41 Å². The summed E-state index contributed by atoms with van der Waals surface area (Å²) in [5, 5.41) is 4.11. The molecule has 0 atom stereocenters. The fourth-order valence-corrected chi connectivity index (χ4v) is 2.21. The lowest BCUT2D eigenvalue weighted by Gasteiger charge is -2.27. The number of nitrogens with zero attached hydrogens (tertiary/aromatic N) is 1. The second-order valence-electron chi connectivity index (χ2n) is 5.73. The SMILES string of the molecule is C/C(=N\OC1=CC(=O)CC(C)(C)C1)c1ccccc1. The van der Waals surface area contributed by atoms with Crippen molar-refractivity contribution in [2.24, 2.45) is 10.6 Å². The van der Waals surface area contributed by atoms with E-state index in [1.807, 2.05) is 37.3 Å². The molecule has 0 bridgehead atoms. The second kappa shape index (κ2) is 5.39. The van der Waals surface area contributed by atoms with Gasteiger partial charge in [0.25, 0.3) is 0 Å². The van der Waals surface area contributed by atoms with E-state index < -0.39 is 0 Å². The van der Waals surface area contributed by atoms with Crippen LogP contribution in [-0.4, -0.2) is 11.5 Å². The minimum atomic E-state index is -0.0443. The molecule has 1 aromatic rings. The van der Waals surface area contributed by atoms with Gasteiger partial charge in [0.15, 0.2) is 5.78 Å². The number of hydrogen-bond acceptors (Lipinski definition) is 3. The van der Waals surface area contributed by atoms with Crippen molar-refractivity contribution in [3.05, 3.63) is 47.7 Å². The lowest BCUT2D eigenvalue weighted by Crippen LogP contribution is -2.22. The molecule has 100 valence electrons. The van der Waals surface area contributed by atoms with E-state index in [0.29, 0.717) is 12.2 Å². The van der Waals surface area contributed by atoms with Gasteiger partial charge in [0.2, 0.25) is 0 Å². The van der Waals surface area contributed by atoms with Crippen molar-refractivity contribution in [1.29, 1.82) is 0 Å². The number of ketones is 1. The molecular weight excluding hydrogens is 238 g/mol. The fraction of sp³-hybridized carbons (Fsp3) is 0.375. The molecule has 0 aromatic heterocycles. The number of oxime groups is 1. The zero-order valence-corrected chi connectivity index (χ0v) is 11.6. The molecule has 0 saturated carbocycles. The number of rotatable bonds is 3. The van der Waals surface area contributed by atoms with Gasteiger partial charge in [-0.05, 0) is 17.9 Å². The van der Waals surface area contributed by atoms with Crippen molar-refractivity contribution in [1.82, 2.24) is 0 Å². The fourth-order valence-electron chi connectivity index (χ4n) is 2.21. The Balaban J connectivity index is 2.08. The summed E-state index contributed by atoms with van der Waals surface area (Å²) in [5.74, 6) is 0.760. The summed E-state index contributed by atoms with van der Waals surface area (Å²) in [6, 6.07) is 9.84. The highest BCUT2D eigenvalue weighted by Gasteiger charge is 2.28. The molecule has 2 rings (SSSR count). The second-order valence-corrected chi connectivity index (χ2v) is 5.73. The lowest BCUT2D eigenvalue weighted by atomic mass is 9.79. The van der Waals surface area contributed by atoms with Gasteiger partial charge in [-0.15, -0.1) is 0 Å². The first kappa shape index (κ1) is 13.5. The summed E-state index contributed by atoms with van der Waals surface area (Å²) >= 11 is 0. The van der Waals surface area contributed by atoms with Crippen molar-refractivity contribution < 1.29 is 9.63 Å². The monoisotopic (exact) mass is 257 g/mol. The largest absolute Gasteiger partial charge is 0.361 e. The van der Waals surface area contributed by atoms with Crippen molar-refractivity contribution >= 4 is 11.5 Å². The Morgan fingerprint density at radius 1 is 1.21 bits per heavy atom. The summed E-state index contributed by atoms with van der Waals surface area (Å²) in [6.45, 7) is 6.02. The molecule has 1 aliphatic carbocycles. The molecule has 0 saturated heterocycles. The highest BCUT2D eigenvalue weighted by atomic mass is 16.6. The summed E-state index contributed by atoms with van der Waals surface area (Å²) in [7, 11) is 0. The molecule has 3 heteroatoms. The normalized spacial score (nSPS) is 19.0. The minimum absolute atomic E-state index is 0.0443. The van der Waals surface area contributed by atoms with Gasteiger partial charge in [0, 0.05) is 18.9 Å².